The molecule has 0 spiro atoms. The molecule has 3 unspecified atom stereocenters. The average molecular weight is 561 g/mol. The Bertz CT molecular complexity index is 1800. The number of nitrogens with zero attached hydrogens (tertiary/aromatic N) is 4. The first-order chi connectivity index (χ1) is 21.1. The summed E-state index contributed by atoms with van der Waals surface area (Å²) >= 11 is 0. The van der Waals surface area contributed by atoms with Crippen LogP contribution >= 0.6 is 0 Å². The van der Waals surface area contributed by atoms with Crippen LogP contribution in [0.3, 0.4) is 0 Å². The minimum atomic E-state index is 0.208. The van der Waals surface area contributed by atoms with Gasteiger partial charge in [0.05, 0.1) is 5.69 Å². The maximum absolute atomic E-state index is 4.99. The van der Waals surface area contributed by atoms with Crippen LogP contribution in [0.25, 0.3) is 39.5 Å². The Labute approximate surface area is 254 Å². The van der Waals surface area contributed by atoms with Gasteiger partial charge in [0.1, 0.15) is 0 Å². The zero-order chi connectivity index (χ0) is 29.2. The number of rotatable bonds is 7. The SMILES string of the molecule is CC=CC1(C2CC=C(c3cccc(-c4nc(C5=CCCC=C5)nc(-c5ccccc5)n4)c3)C=C2c2ccccn2)CC1C. The van der Waals surface area contributed by atoms with Crippen LogP contribution in [-0.2, 0) is 0 Å². The van der Waals surface area contributed by atoms with E-state index >= 15 is 0 Å². The van der Waals surface area contributed by atoms with E-state index < -0.39 is 0 Å². The molecule has 1 fully saturated rings. The van der Waals surface area contributed by atoms with Gasteiger partial charge in [-0.25, -0.2) is 15.0 Å². The highest BCUT2D eigenvalue weighted by atomic mass is 15.0. The smallest absolute Gasteiger partial charge is 0.164 e. The third-order valence-corrected chi connectivity index (χ3v) is 9.14. The molecule has 43 heavy (non-hydrogen) atoms. The lowest BCUT2D eigenvalue weighted by atomic mass is 9.73. The van der Waals surface area contributed by atoms with Crippen LogP contribution in [0.4, 0.5) is 0 Å². The summed E-state index contributed by atoms with van der Waals surface area (Å²) in [6, 6.07) is 25.0. The topological polar surface area (TPSA) is 51.6 Å². The number of pyridine rings is 1. The van der Waals surface area contributed by atoms with Gasteiger partial charge < -0.3 is 0 Å². The molecule has 2 aromatic carbocycles. The van der Waals surface area contributed by atoms with Crippen LogP contribution in [-0.4, -0.2) is 19.9 Å². The Morgan fingerprint density at radius 1 is 0.767 bits per heavy atom. The fraction of sp³-hybridized carbons (Fsp3) is 0.231. The standard InChI is InChI=1S/C39H36N4/c1-3-22-39(26-27(39)2)34-21-20-31(25-33(34)35-19-10-11-23-40-35)30-17-12-18-32(24-30)38-42-36(28-13-6-4-7-14-28)41-37(43-38)29-15-8-5-9-16-29/h3-4,6-8,10-20,22-25,27,34H,5,9,21,26H2,1-2H3. The first kappa shape index (κ1) is 27.2. The van der Waals surface area contributed by atoms with Crippen molar-refractivity contribution in [2.45, 2.75) is 39.5 Å². The van der Waals surface area contributed by atoms with Crippen molar-refractivity contribution in [1.29, 1.82) is 0 Å². The maximum atomic E-state index is 4.99. The number of hydrogen-bond acceptors (Lipinski definition) is 4. The van der Waals surface area contributed by atoms with Gasteiger partial charge in [0, 0.05) is 22.9 Å². The van der Waals surface area contributed by atoms with Crippen LogP contribution < -0.4 is 0 Å². The molecule has 0 N–H and O–H groups in total. The van der Waals surface area contributed by atoms with Gasteiger partial charge in [0.2, 0.25) is 0 Å². The van der Waals surface area contributed by atoms with E-state index in [4.69, 9.17) is 19.9 Å². The predicted octanol–water partition coefficient (Wildman–Crippen LogP) is 9.42. The number of hydrogen-bond donors (Lipinski definition) is 0. The zero-order valence-corrected chi connectivity index (χ0v) is 24.8. The predicted molar refractivity (Wildman–Crippen MR) is 176 cm³/mol. The molecule has 2 heterocycles. The third kappa shape index (κ3) is 5.34. The summed E-state index contributed by atoms with van der Waals surface area (Å²) in [6.45, 7) is 4.52. The van der Waals surface area contributed by atoms with Gasteiger partial charge >= 0.3 is 0 Å². The molecule has 2 aromatic heterocycles. The van der Waals surface area contributed by atoms with E-state index in [-0.39, 0.29) is 5.41 Å². The molecule has 4 heteroatoms. The third-order valence-electron chi connectivity index (χ3n) is 9.14. The Balaban J connectivity index is 1.29. The van der Waals surface area contributed by atoms with Crippen LogP contribution in [0.15, 0.2) is 122 Å². The van der Waals surface area contributed by atoms with Crippen molar-refractivity contribution in [3.63, 3.8) is 0 Å². The minimum Gasteiger partial charge on any atom is -0.257 e. The van der Waals surface area contributed by atoms with Crippen LogP contribution in [0.5, 0.6) is 0 Å². The molecule has 4 aromatic rings. The summed E-state index contributed by atoms with van der Waals surface area (Å²) in [5, 5.41) is 0. The lowest BCUT2D eigenvalue weighted by Gasteiger charge is -2.31. The van der Waals surface area contributed by atoms with Crippen molar-refractivity contribution in [1.82, 2.24) is 19.9 Å². The van der Waals surface area contributed by atoms with Crippen molar-refractivity contribution < 1.29 is 0 Å². The molecule has 3 aliphatic carbocycles. The fourth-order valence-corrected chi connectivity index (χ4v) is 6.78. The highest BCUT2D eigenvalue weighted by Gasteiger charge is 2.55. The molecule has 0 amide bonds. The van der Waals surface area contributed by atoms with Crippen LogP contribution in [0.2, 0.25) is 0 Å². The molecule has 3 atom stereocenters. The van der Waals surface area contributed by atoms with Gasteiger partial charge in [-0.3, -0.25) is 4.98 Å². The van der Waals surface area contributed by atoms with Crippen molar-refractivity contribution in [2.24, 2.45) is 17.3 Å². The minimum absolute atomic E-state index is 0.208. The summed E-state index contributed by atoms with van der Waals surface area (Å²) < 4.78 is 0. The van der Waals surface area contributed by atoms with Crippen LogP contribution in [0.1, 0.15) is 56.6 Å². The Kier molecular flexibility index (Phi) is 7.28. The van der Waals surface area contributed by atoms with Crippen molar-refractivity contribution in [3.8, 4) is 22.8 Å². The fourth-order valence-electron chi connectivity index (χ4n) is 6.78. The van der Waals surface area contributed by atoms with Crippen molar-refractivity contribution in [3.05, 3.63) is 139 Å². The van der Waals surface area contributed by atoms with E-state index in [2.05, 4.69) is 105 Å². The molecular weight excluding hydrogens is 524 g/mol. The maximum Gasteiger partial charge on any atom is 0.164 e. The Morgan fingerprint density at radius 2 is 1.51 bits per heavy atom. The van der Waals surface area contributed by atoms with E-state index in [0.29, 0.717) is 23.5 Å². The molecule has 3 aliphatic rings. The number of benzene rings is 2. The molecule has 4 nitrogen and oxygen atoms in total. The van der Waals surface area contributed by atoms with E-state index in [0.717, 1.165) is 53.0 Å². The zero-order valence-electron chi connectivity index (χ0n) is 24.8. The molecule has 212 valence electrons. The second-order valence-electron chi connectivity index (χ2n) is 11.9. The quantitative estimate of drug-likeness (QED) is 0.211. The highest BCUT2D eigenvalue weighted by Crippen LogP contribution is 2.63. The lowest BCUT2D eigenvalue weighted by Crippen LogP contribution is -2.20. The molecule has 1 saturated carbocycles. The second-order valence-corrected chi connectivity index (χ2v) is 11.9. The van der Waals surface area contributed by atoms with E-state index in [1.807, 2.05) is 30.5 Å². The van der Waals surface area contributed by atoms with E-state index in [1.165, 1.54) is 17.6 Å². The average Bonchev–Trinajstić information content (AvgIpc) is 3.74. The molecule has 0 bridgehead atoms. The molecule has 7 rings (SSSR count). The van der Waals surface area contributed by atoms with Gasteiger partial charge in [0.25, 0.3) is 0 Å². The Morgan fingerprint density at radius 3 is 2.23 bits per heavy atom. The van der Waals surface area contributed by atoms with Gasteiger partial charge in [-0.05, 0) is 90.8 Å². The molecule has 0 saturated heterocycles. The van der Waals surface area contributed by atoms with Crippen molar-refractivity contribution >= 4 is 16.7 Å². The van der Waals surface area contributed by atoms with E-state index in [9.17, 15) is 0 Å². The summed E-state index contributed by atoms with van der Waals surface area (Å²) in [7, 11) is 0. The highest BCUT2D eigenvalue weighted by molar-refractivity contribution is 5.87. The van der Waals surface area contributed by atoms with Gasteiger partial charge in [-0.1, -0.05) is 98.0 Å². The summed E-state index contributed by atoms with van der Waals surface area (Å²) in [4.78, 5) is 19.7. The molecule has 0 aliphatic heterocycles. The summed E-state index contributed by atoms with van der Waals surface area (Å²) in [5.74, 6) is 3.18. The summed E-state index contributed by atoms with van der Waals surface area (Å²) in [6.07, 6.45) is 22.2. The first-order valence-electron chi connectivity index (χ1n) is 15.4. The molecular formula is C39H36N4. The monoisotopic (exact) mass is 560 g/mol. The van der Waals surface area contributed by atoms with Crippen LogP contribution in [0, 0.1) is 17.3 Å². The van der Waals surface area contributed by atoms with Crippen molar-refractivity contribution in [2.75, 3.05) is 0 Å². The lowest BCUT2D eigenvalue weighted by molar-refractivity contribution is 0.438. The van der Waals surface area contributed by atoms with Gasteiger partial charge in [-0.15, -0.1) is 0 Å². The van der Waals surface area contributed by atoms with E-state index in [1.54, 1.807) is 0 Å². The number of allylic oxidation sites excluding steroid dienone is 10. The second kappa shape index (κ2) is 11.5. The normalized spacial score (nSPS) is 23.1. The number of aromatic nitrogens is 4. The summed E-state index contributed by atoms with van der Waals surface area (Å²) in [5.41, 5.74) is 8.01. The van der Waals surface area contributed by atoms with Gasteiger partial charge in [0.15, 0.2) is 17.5 Å². The first-order valence-corrected chi connectivity index (χ1v) is 15.4. The molecule has 0 radical (unpaired) electrons. The Hall–Kier alpha value is -4.70. The largest absolute Gasteiger partial charge is 0.257 e. The van der Waals surface area contributed by atoms with Gasteiger partial charge in [-0.2, -0.15) is 0 Å².